The van der Waals surface area contributed by atoms with Crippen LogP contribution in [0.3, 0.4) is 0 Å². The van der Waals surface area contributed by atoms with Gasteiger partial charge in [-0.05, 0) is 0 Å². The first-order valence-corrected chi connectivity index (χ1v) is 7.01. The minimum atomic E-state index is -1.53. The quantitative estimate of drug-likeness (QED) is 0.388. The Kier molecular flexibility index (Phi) is 4.49. The molecule has 1 unspecified atom stereocenters. The van der Waals surface area contributed by atoms with Crippen molar-refractivity contribution in [3.05, 3.63) is 12.3 Å². The van der Waals surface area contributed by atoms with Crippen molar-refractivity contribution in [1.29, 1.82) is 0 Å². The number of ether oxygens (including phenoxy) is 2. The topological polar surface area (TPSA) is 138 Å². The largest absolute Gasteiger partial charge is 0.394 e. The van der Waals surface area contributed by atoms with Crippen LogP contribution in [-0.4, -0.2) is 69.9 Å². The van der Waals surface area contributed by atoms with Crippen LogP contribution in [0.2, 0.25) is 0 Å². The first-order valence-electron chi connectivity index (χ1n) is 7.01. The van der Waals surface area contributed by atoms with Gasteiger partial charge in [-0.2, -0.15) is 0 Å². The highest BCUT2D eigenvalue weighted by atomic mass is 16.6. The van der Waals surface area contributed by atoms with Crippen LogP contribution in [0.15, 0.2) is 12.3 Å². The van der Waals surface area contributed by atoms with Gasteiger partial charge in [-0.3, -0.25) is 16.0 Å². The molecule has 0 aromatic rings. The van der Waals surface area contributed by atoms with Crippen LogP contribution in [0.25, 0.3) is 0 Å². The molecule has 2 aliphatic rings. The average Bonchev–Trinajstić information content (AvgIpc) is 2.73. The molecule has 0 saturated carbocycles. The van der Waals surface area contributed by atoms with Gasteiger partial charge >= 0.3 is 6.03 Å². The van der Waals surface area contributed by atoms with Crippen molar-refractivity contribution in [2.24, 2.45) is 11.7 Å². The number of aliphatic hydroxyl groups excluding tert-OH is 3. The second-order valence-electron chi connectivity index (χ2n) is 5.79. The van der Waals surface area contributed by atoms with E-state index in [1.54, 1.807) is 13.8 Å². The van der Waals surface area contributed by atoms with E-state index in [4.69, 9.17) is 15.2 Å². The average molecular weight is 317 g/mol. The Hall–Kier alpha value is -1.23. The fourth-order valence-corrected chi connectivity index (χ4v) is 2.85. The molecule has 0 aromatic heterocycles. The third-order valence-corrected chi connectivity index (χ3v) is 4.18. The van der Waals surface area contributed by atoms with Gasteiger partial charge in [0.2, 0.25) is 5.85 Å². The van der Waals surface area contributed by atoms with E-state index in [0.29, 0.717) is 0 Å². The molecule has 1 fully saturated rings. The maximum atomic E-state index is 12.4. The van der Waals surface area contributed by atoms with E-state index in [2.05, 4.69) is 5.32 Å². The van der Waals surface area contributed by atoms with Crippen LogP contribution in [0.5, 0.6) is 0 Å². The lowest BCUT2D eigenvalue weighted by atomic mass is 9.90. The summed E-state index contributed by atoms with van der Waals surface area (Å²) in [5.74, 6) is -1.83. The number of nitrogens with zero attached hydrogens (tertiary/aromatic N) is 1. The molecule has 22 heavy (non-hydrogen) atoms. The van der Waals surface area contributed by atoms with E-state index < -0.39 is 42.5 Å². The van der Waals surface area contributed by atoms with Gasteiger partial charge in [0.25, 0.3) is 0 Å². The predicted octanol–water partition coefficient (Wildman–Crippen LogP) is -1.75. The smallest absolute Gasteiger partial charge is 0.327 e. The third-order valence-electron chi connectivity index (χ3n) is 4.18. The van der Waals surface area contributed by atoms with Crippen LogP contribution in [0.1, 0.15) is 13.8 Å². The number of urea groups is 1. The normalized spacial score (nSPS) is 42.1. The number of nitrogens with one attached hydrogen (secondary N) is 1. The molecule has 0 radical (unpaired) electrons. The molecule has 2 amide bonds. The fraction of sp³-hybridized carbons (Fsp3) is 0.769. The van der Waals surface area contributed by atoms with Crippen LogP contribution < -0.4 is 11.1 Å². The molecule has 0 aromatic carbocycles. The van der Waals surface area contributed by atoms with Gasteiger partial charge in [-0.15, -0.1) is 0 Å². The molecule has 9 nitrogen and oxygen atoms in total. The number of hydrogen-bond donors (Lipinski definition) is 5. The van der Waals surface area contributed by atoms with Gasteiger partial charge in [-0.1, -0.05) is 13.8 Å². The van der Waals surface area contributed by atoms with E-state index in [0.717, 1.165) is 4.90 Å². The maximum absolute atomic E-state index is 12.4. The number of methoxy groups -OCH3 is 1. The highest BCUT2D eigenvalue weighted by Gasteiger charge is 2.60. The lowest BCUT2D eigenvalue weighted by Crippen LogP contribution is -2.68. The Labute approximate surface area is 128 Å². The van der Waals surface area contributed by atoms with Crippen molar-refractivity contribution in [3.63, 3.8) is 0 Å². The summed E-state index contributed by atoms with van der Waals surface area (Å²) in [4.78, 5) is 13.5. The van der Waals surface area contributed by atoms with E-state index in [9.17, 15) is 20.1 Å². The molecule has 126 valence electrons. The Morgan fingerprint density at radius 2 is 2.18 bits per heavy atom. The molecular formula is C13H23N3O6. The van der Waals surface area contributed by atoms with Crippen LogP contribution in [0.4, 0.5) is 4.79 Å². The summed E-state index contributed by atoms with van der Waals surface area (Å²) >= 11 is 0. The molecule has 2 heterocycles. The van der Waals surface area contributed by atoms with Gasteiger partial charge in [0.15, 0.2) is 5.72 Å². The first kappa shape index (κ1) is 17.1. The summed E-state index contributed by atoms with van der Waals surface area (Å²) < 4.78 is 10.7. The van der Waals surface area contributed by atoms with E-state index in [1.807, 2.05) is 0 Å². The predicted molar refractivity (Wildman–Crippen MR) is 75.0 cm³/mol. The van der Waals surface area contributed by atoms with Gasteiger partial charge in [-0.25, -0.2) is 4.79 Å². The van der Waals surface area contributed by atoms with Crippen molar-refractivity contribution >= 4 is 6.03 Å². The number of amides is 2. The van der Waals surface area contributed by atoms with Crippen molar-refractivity contribution in [2.75, 3.05) is 13.7 Å². The van der Waals surface area contributed by atoms with Crippen LogP contribution in [0, 0.1) is 5.92 Å². The minimum Gasteiger partial charge on any atom is -0.394 e. The Morgan fingerprint density at radius 3 is 2.59 bits per heavy atom. The summed E-state index contributed by atoms with van der Waals surface area (Å²) in [6.45, 7) is 2.99. The van der Waals surface area contributed by atoms with Crippen LogP contribution >= 0.6 is 0 Å². The summed E-state index contributed by atoms with van der Waals surface area (Å²) in [7, 11) is 1.34. The number of hydrogen-bond acceptors (Lipinski definition) is 7. The highest BCUT2D eigenvalue weighted by molar-refractivity contribution is 5.78. The molecule has 1 saturated heterocycles. The fourth-order valence-electron chi connectivity index (χ4n) is 2.85. The number of nitrogens with two attached hydrogens (primary N) is 1. The molecular weight excluding hydrogens is 294 g/mol. The standard InChI is InChI=1S/C13H23N3O6/c1-7(2)13(10(19)9(18)8(6-17)22-13)16-5-4-12(14,21-3)15-11(16)20/h4-5,7-10,17-19H,6,14H2,1-3H3,(H,15,20)/t8-,9-,10-,12?,13-/m1/s1. The van der Waals surface area contributed by atoms with Crippen molar-refractivity contribution in [3.8, 4) is 0 Å². The molecule has 5 atom stereocenters. The Balaban J connectivity index is 2.42. The molecule has 0 bridgehead atoms. The lowest BCUT2D eigenvalue weighted by molar-refractivity contribution is -0.184. The second kappa shape index (κ2) is 5.76. The summed E-state index contributed by atoms with van der Waals surface area (Å²) in [5.41, 5.74) is 4.26. The first-order chi connectivity index (χ1) is 10.2. The summed E-state index contributed by atoms with van der Waals surface area (Å²) in [6, 6.07) is -0.648. The molecule has 2 aliphatic heterocycles. The zero-order chi connectivity index (χ0) is 16.7. The Bertz CT molecular complexity index is 473. The van der Waals surface area contributed by atoms with E-state index in [-0.39, 0.29) is 5.92 Å². The van der Waals surface area contributed by atoms with Gasteiger partial charge < -0.3 is 24.8 Å². The van der Waals surface area contributed by atoms with Gasteiger partial charge in [0.05, 0.1) is 6.61 Å². The number of carbonyl (C=O) groups excluding carboxylic acids is 1. The number of aliphatic hydroxyl groups is 3. The third kappa shape index (κ3) is 2.39. The van der Waals surface area contributed by atoms with Crippen molar-refractivity contribution < 1.29 is 29.6 Å². The molecule has 6 N–H and O–H groups in total. The molecule has 2 rings (SSSR count). The molecule has 0 spiro atoms. The summed E-state index contributed by atoms with van der Waals surface area (Å²) in [5, 5.41) is 32.2. The van der Waals surface area contributed by atoms with Crippen molar-refractivity contribution in [1.82, 2.24) is 10.2 Å². The maximum Gasteiger partial charge on any atom is 0.327 e. The van der Waals surface area contributed by atoms with Gasteiger partial charge in [0.1, 0.15) is 18.3 Å². The van der Waals surface area contributed by atoms with E-state index >= 15 is 0 Å². The second-order valence-corrected chi connectivity index (χ2v) is 5.79. The number of rotatable bonds is 4. The molecule has 9 heteroatoms. The zero-order valence-electron chi connectivity index (χ0n) is 12.8. The summed E-state index contributed by atoms with van der Waals surface area (Å²) in [6.07, 6.45) is -0.968. The SMILES string of the molecule is COC1(N)C=CN([C@]2(C(C)C)O[C@H](CO)[C@@H](O)[C@H]2O)C(=O)N1. The number of carbonyl (C=O) groups is 1. The van der Waals surface area contributed by atoms with Crippen LogP contribution in [-0.2, 0) is 9.47 Å². The highest BCUT2D eigenvalue weighted by Crippen LogP contribution is 2.41. The monoisotopic (exact) mass is 317 g/mol. The van der Waals surface area contributed by atoms with E-state index in [1.165, 1.54) is 19.4 Å². The van der Waals surface area contributed by atoms with Crippen molar-refractivity contribution in [2.45, 2.75) is 43.7 Å². The Morgan fingerprint density at radius 1 is 1.55 bits per heavy atom. The molecule has 0 aliphatic carbocycles. The van der Waals surface area contributed by atoms with Gasteiger partial charge in [0, 0.05) is 25.3 Å². The minimum absolute atomic E-state index is 0.378. The lowest BCUT2D eigenvalue weighted by Gasteiger charge is -2.46. The zero-order valence-corrected chi connectivity index (χ0v) is 12.8.